The van der Waals surface area contributed by atoms with Crippen molar-refractivity contribution in [3.05, 3.63) is 30.1 Å². The summed E-state index contributed by atoms with van der Waals surface area (Å²) in [7, 11) is 0. The predicted octanol–water partition coefficient (Wildman–Crippen LogP) is 1.96. The number of rotatable bonds is 5. The fourth-order valence-corrected chi connectivity index (χ4v) is 1.61. The molecular formula is C13H15N5O. The summed E-state index contributed by atoms with van der Waals surface area (Å²) < 4.78 is 7.25. The van der Waals surface area contributed by atoms with E-state index >= 15 is 0 Å². The molecule has 0 N–H and O–H groups in total. The van der Waals surface area contributed by atoms with Crippen LogP contribution in [0.15, 0.2) is 24.5 Å². The second kappa shape index (κ2) is 5.96. The molecule has 19 heavy (non-hydrogen) atoms. The second-order valence-electron chi connectivity index (χ2n) is 4.55. The van der Waals surface area contributed by atoms with Crippen molar-refractivity contribution in [1.29, 1.82) is 5.26 Å². The predicted molar refractivity (Wildman–Crippen MR) is 68.8 cm³/mol. The van der Waals surface area contributed by atoms with Gasteiger partial charge in [-0.2, -0.15) is 9.94 Å². The van der Waals surface area contributed by atoms with Gasteiger partial charge in [0.15, 0.2) is 5.75 Å². The van der Waals surface area contributed by atoms with E-state index in [0.717, 1.165) is 6.42 Å². The van der Waals surface area contributed by atoms with E-state index in [-0.39, 0.29) is 0 Å². The first-order valence-corrected chi connectivity index (χ1v) is 6.11. The molecule has 2 aromatic rings. The Morgan fingerprint density at radius 2 is 2.26 bits per heavy atom. The molecule has 0 aliphatic heterocycles. The smallest absolute Gasteiger partial charge is 0.162 e. The molecule has 0 spiro atoms. The van der Waals surface area contributed by atoms with Gasteiger partial charge in [-0.05, 0) is 34.9 Å². The summed E-state index contributed by atoms with van der Waals surface area (Å²) in [6, 6.07) is 7.45. The summed E-state index contributed by atoms with van der Waals surface area (Å²) >= 11 is 0. The largest absolute Gasteiger partial charge is 0.490 e. The fourth-order valence-electron chi connectivity index (χ4n) is 1.61. The minimum absolute atomic E-state index is 0.483. The Bertz CT molecular complexity index is 571. The SMILES string of the molecule is CC(C)CCOc1c(C#N)cccc1-n1cnnn1. The molecule has 0 atom stereocenters. The highest BCUT2D eigenvalue weighted by Gasteiger charge is 2.12. The van der Waals surface area contributed by atoms with E-state index in [1.165, 1.54) is 11.0 Å². The van der Waals surface area contributed by atoms with Crippen LogP contribution in [-0.4, -0.2) is 26.8 Å². The number of tetrazole rings is 1. The standard InChI is InChI=1S/C13H15N5O/c1-10(2)6-7-19-13-11(8-14)4-3-5-12(13)18-9-15-16-17-18/h3-5,9-10H,6-7H2,1-2H3. The Labute approximate surface area is 111 Å². The lowest BCUT2D eigenvalue weighted by molar-refractivity contribution is 0.287. The summed E-state index contributed by atoms with van der Waals surface area (Å²) in [4.78, 5) is 0. The van der Waals surface area contributed by atoms with Crippen LogP contribution in [0, 0.1) is 17.2 Å². The first-order chi connectivity index (χ1) is 9.22. The van der Waals surface area contributed by atoms with Gasteiger partial charge in [0, 0.05) is 0 Å². The van der Waals surface area contributed by atoms with Crippen molar-refractivity contribution in [2.45, 2.75) is 20.3 Å². The van der Waals surface area contributed by atoms with Gasteiger partial charge in [0.05, 0.1) is 12.2 Å². The maximum absolute atomic E-state index is 9.16. The quantitative estimate of drug-likeness (QED) is 0.818. The summed E-state index contributed by atoms with van der Waals surface area (Å²) in [5, 5.41) is 20.2. The van der Waals surface area contributed by atoms with E-state index in [2.05, 4.69) is 35.4 Å². The molecule has 98 valence electrons. The zero-order valence-electron chi connectivity index (χ0n) is 10.9. The third-order valence-electron chi connectivity index (χ3n) is 2.65. The fraction of sp³-hybridized carbons (Fsp3) is 0.385. The van der Waals surface area contributed by atoms with Gasteiger partial charge in [-0.15, -0.1) is 5.10 Å². The van der Waals surface area contributed by atoms with Gasteiger partial charge in [0.2, 0.25) is 0 Å². The molecule has 6 nitrogen and oxygen atoms in total. The lowest BCUT2D eigenvalue weighted by Gasteiger charge is -2.13. The van der Waals surface area contributed by atoms with Crippen LogP contribution < -0.4 is 4.74 Å². The van der Waals surface area contributed by atoms with Gasteiger partial charge < -0.3 is 4.74 Å². The van der Waals surface area contributed by atoms with Crippen molar-refractivity contribution in [2.75, 3.05) is 6.61 Å². The number of nitriles is 1. The molecule has 0 bridgehead atoms. The Morgan fingerprint density at radius 3 is 2.89 bits per heavy atom. The van der Waals surface area contributed by atoms with Crippen molar-refractivity contribution >= 4 is 0 Å². The summed E-state index contributed by atoms with van der Waals surface area (Å²) in [6.45, 7) is 4.81. The van der Waals surface area contributed by atoms with E-state index in [4.69, 9.17) is 10.00 Å². The molecule has 0 saturated heterocycles. The van der Waals surface area contributed by atoms with Gasteiger partial charge in [-0.1, -0.05) is 19.9 Å². The van der Waals surface area contributed by atoms with Crippen LogP contribution in [0.2, 0.25) is 0 Å². The molecule has 0 radical (unpaired) electrons. The van der Waals surface area contributed by atoms with Gasteiger partial charge in [0.25, 0.3) is 0 Å². The number of nitrogens with zero attached hydrogens (tertiary/aromatic N) is 5. The van der Waals surface area contributed by atoms with Crippen LogP contribution >= 0.6 is 0 Å². The zero-order chi connectivity index (χ0) is 13.7. The third kappa shape index (κ3) is 3.07. The molecule has 1 aromatic heterocycles. The van der Waals surface area contributed by atoms with Crippen LogP contribution in [0.1, 0.15) is 25.8 Å². The maximum atomic E-state index is 9.16. The van der Waals surface area contributed by atoms with E-state index in [9.17, 15) is 0 Å². The van der Waals surface area contributed by atoms with E-state index < -0.39 is 0 Å². The number of ether oxygens (including phenoxy) is 1. The maximum Gasteiger partial charge on any atom is 0.162 e. The van der Waals surface area contributed by atoms with Gasteiger partial charge in [-0.3, -0.25) is 0 Å². The third-order valence-corrected chi connectivity index (χ3v) is 2.65. The zero-order valence-corrected chi connectivity index (χ0v) is 10.9. The monoisotopic (exact) mass is 257 g/mol. The van der Waals surface area contributed by atoms with Crippen LogP contribution in [-0.2, 0) is 0 Å². The van der Waals surface area contributed by atoms with E-state index in [1.807, 2.05) is 6.07 Å². The van der Waals surface area contributed by atoms with Gasteiger partial charge >= 0.3 is 0 Å². The van der Waals surface area contributed by atoms with Crippen molar-refractivity contribution in [3.63, 3.8) is 0 Å². The Kier molecular flexibility index (Phi) is 4.08. The van der Waals surface area contributed by atoms with Crippen molar-refractivity contribution in [3.8, 4) is 17.5 Å². The van der Waals surface area contributed by atoms with Crippen LogP contribution in [0.4, 0.5) is 0 Å². The molecule has 0 amide bonds. The number of hydrogen-bond acceptors (Lipinski definition) is 5. The van der Waals surface area contributed by atoms with E-state index in [1.54, 1.807) is 12.1 Å². The average Bonchev–Trinajstić information content (AvgIpc) is 2.92. The van der Waals surface area contributed by atoms with Crippen molar-refractivity contribution in [2.24, 2.45) is 5.92 Å². The highest BCUT2D eigenvalue weighted by Crippen LogP contribution is 2.26. The highest BCUT2D eigenvalue weighted by atomic mass is 16.5. The molecule has 0 saturated carbocycles. The number of para-hydroxylation sites is 1. The molecule has 0 aliphatic carbocycles. The minimum atomic E-state index is 0.483. The Balaban J connectivity index is 2.30. The lowest BCUT2D eigenvalue weighted by Crippen LogP contribution is -2.07. The minimum Gasteiger partial charge on any atom is -0.490 e. The van der Waals surface area contributed by atoms with Gasteiger partial charge in [-0.25, -0.2) is 0 Å². The number of benzene rings is 1. The summed E-state index contributed by atoms with van der Waals surface area (Å²) in [5.74, 6) is 1.07. The average molecular weight is 257 g/mol. The molecular weight excluding hydrogens is 242 g/mol. The molecule has 0 aliphatic rings. The molecule has 0 unspecified atom stereocenters. The summed E-state index contributed by atoms with van der Waals surface area (Å²) in [5.41, 5.74) is 1.16. The topological polar surface area (TPSA) is 76.6 Å². The Morgan fingerprint density at radius 1 is 1.42 bits per heavy atom. The number of hydrogen-bond donors (Lipinski definition) is 0. The first-order valence-electron chi connectivity index (χ1n) is 6.11. The normalized spacial score (nSPS) is 10.4. The van der Waals surface area contributed by atoms with Crippen molar-refractivity contribution < 1.29 is 4.74 Å². The van der Waals surface area contributed by atoms with Crippen LogP contribution in [0.5, 0.6) is 5.75 Å². The Hall–Kier alpha value is -2.42. The summed E-state index contributed by atoms with van der Waals surface area (Å²) in [6.07, 6.45) is 2.40. The highest BCUT2D eigenvalue weighted by molar-refractivity contribution is 5.55. The lowest BCUT2D eigenvalue weighted by atomic mass is 10.1. The van der Waals surface area contributed by atoms with Crippen molar-refractivity contribution in [1.82, 2.24) is 20.2 Å². The molecule has 0 fully saturated rings. The molecule has 1 aromatic carbocycles. The van der Waals surface area contributed by atoms with E-state index in [0.29, 0.717) is 29.5 Å². The molecule has 2 rings (SSSR count). The first kappa shape index (κ1) is 13.0. The molecule has 6 heteroatoms. The van der Waals surface area contributed by atoms with Crippen LogP contribution in [0.3, 0.4) is 0 Å². The number of aromatic nitrogens is 4. The van der Waals surface area contributed by atoms with Crippen LogP contribution in [0.25, 0.3) is 5.69 Å². The molecule has 1 heterocycles. The van der Waals surface area contributed by atoms with Gasteiger partial charge in [0.1, 0.15) is 18.1 Å². The second-order valence-corrected chi connectivity index (χ2v) is 4.55.